The lowest BCUT2D eigenvalue weighted by molar-refractivity contribution is -0.143. The standard InChI is InChI=1S/C12H22N2O2/c1-3-10(11(15)16-2)14-7-9-6-13-8-12(9)4-5-12/h9-10,13-14H,3-8H2,1-2H3. The van der Waals surface area contributed by atoms with Crippen LogP contribution in [-0.2, 0) is 9.53 Å². The molecule has 2 atom stereocenters. The average molecular weight is 226 g/mol. The van der Waals surface area contributed by atoms with Crippen LogP contribution in [-0.4, -0.2) is 38.8 Å². The molecule has 1 heterocycles. The van der Waals surface area contributed by atoms with Crippen molar-refractivity contribution in [1.82, 2.24) is 10.6 Å². The van der Waals surface area contributed by atoms with Crippen LogP contribution >= 0.6 is 0 Å². The first-order valence-corrected chi connectivity index (χ1v) is 6.24. The first-order valence-electron chi connectivity index (χ1n) is 6.24. The highest BCUT2D eigenvalue weighted by Crippen LogP contribution is 2.53. The van der Waals surface area contributed by atoms with E-state index in [1.807, 2.05) is 6.92 Å². The zero-order chi connectivity index (χ0) is 11.6. The maximum absolute atomic E-state index is 11.4. The second kappa shape index (κ2) is 4.72. The number of carbonyl (C=O) groups is 1. The molecule has 0 aromatic heterocycles. The predicted octanol–water partition coefficient (Wildman–Crippen LogP) is 0.527. The smallest absolute Gasteiger partial charge is 0.322 e. The van der Waals surface area contributed by atoms with Crippen molar-refractivity contribution < 1.29 is 9.53 Å². The molecule has 4 nitrogen and oxygen atoms in total. The van der Waals surface area contributed by atoms with Crippen molar-refractivity contribution in [3.63, 3.8) is 0 Å². The van der Waals surface area contributed by atoms with E-state index >= 15 is 0 Å². The van der Waals surface area contributed by atoms with Gasteiger partial charge in [0.25, 0.3) is 0 Å². The van der Waals surface area contributed by atoms with E-state index in [2.05, 4.69) is 10.6 Å². The van der Waals surface area contributed by atoms with E-state index < -0.39 is 0 Å². The molecule has 0 bridgehead atoms. The highest BCUT2D eigenvalue weighted by Gasteiger charge is 2.51. The zero-order valence-corrected chi connectivity index (χ0v) is 10.2. The molecule has 2 unspecified atom stereocenters. The number of rotatable bonds is 5. The third-order valence-corrected chi connectivity index (χ3v) is 4.13. The molecule has 2 rings (SSSR count). The Morgan fingerprint density at radius 2 is 2.38 bits per heavy atom. The summed E-state index contributed by atoms with van der Waals surface area (Å²) in [5, 5.41) is 6.80. The topological polar surface area (TPSA) is 50.4 Å². The van der Waals surface area contributed by atoms with Gasteiger partial charge in [-0.2, -0.15) is 0 Å². The van der Waals surface area contributed by atoms with E-state index in [0.29, 0.717) is 11.3 Å². The molecule has 2 N–H and O–H groups in total. The first-order chi connectivity index (χ1) is 7.72. The van der Waals surface area contributed by atoms with Crippen molar-refractivity contribution in [2.75, 3.05) is 26.7 Å². The molecule has 0 amide bonds. The molecule has 0 radical (unpaired) electrons. The maximum atomic E-state index is 11.4. The Morgan fingerprint density at radius 1 is 1.62 bits per heavy atom. The number of methoxy groups -OCH3 is 1. The van der Waals surface area contributed by atoms with Gasteiger partial charge < -0.3 is 15.4 Å². The average Bonchev–Trinajstić information content (AvgIpc) is 2.96. The van der Waals surface area contributed by atoms with Crippen LogP contribution < -0.4 is 10.6 Å². The van der Waals surface area contributed by atoms with Crippen molar-refractivity contribution in [2.24, 2.45) is 11.3 Å². The molecule has 1 aliphatic carbocycles. The molecule has 1 saturated heterocycles. The number of esters is 1. The SMILES string of the molecule is CCC(NCC1CNCC12CC2)C(=O)OC. The molecule has 1 aliphatic heterocycles. The van der Waals surface area contributed by atoms with Gasteiger partial charge in [0, 0.05) is 13.1 Å². The van der Waals surface area contributed by atoms with Crippen LogP contribution in [0.2, 0.25) is 0 Å². The molecule has 1 saturated carbocycles. The summed E-state index contributed by atoms with van der Waals surface area (Å²) in [6, 6.07) is -0.138. The number of nitrogens with one attached hydrogen (secondary N) is 2. The second-order valence-electron chi connectivity index (χ2n) is 5.08. The second-order valence-corrected chi connectivity index (χ2v) is 5.08. The number of hydrogen-bond donors (Lipinski definition) is 2. The Hall–Kier alpha value is -0.610. The molecule has 4 heteroatoms. The lowest BCUT2D eigenvalue weighted by Crippen LogP contribution is -2.41. The van der Waals surface area contributed by atoms with Gasteiger partial charge in [0.05, 0.1) is 7.11 Å². The zero-order valence-electron chi connectivity index (χ0n) is 10.2. The summed E-state index contributed by atoms with van der Waals surface area (Å²) in [5.41, 5.74) is 0.557. The van der Waals surface area contributed by atoms with Gasteiger partial charge in [-0.15, -0.1) is 0 Å². The fraction of sp³-hybridized carbons (Fsp3) is 0.917. The first kappa shape index (κ1) is 11.9. The van der Waals surface area contributed by atoms with Gasteiger partial charge in [-0.25, -0.2) is 0 Å². The third-order valence-electron chi connectivity index (χ3n) is 4.13. The molecule has 1 spiro atoms. The number of hydrogen-bond acceptors (Lipinski definition) is 4. The van der Waals surface area contributed by atoms with Gasteiger partial charge in [-0.05, 0) is 37.1 Å². The van der Waals surface area contributed by atoms with Gasteiger partial charge in [-0.3, -0.25) is 4.79 Å². The number of carbonyl (C=O) groups excluding carboxylic acids is 1. The van der Waals surface area contributed by atoms with E-state index in [9.17, 15) is 4.79 Å². The van der Waals surface area contributed by atoms with Gasteiger partial charge >= 0.3 is 5.97 Å². The minimum Gasteiger partial charge on any atom is -0.468 e. The van der Waals surface area contributed by atoms with Crippen LogP contribution in [0, 0.1) is 11.3 Å². The van der Waals surface area contributed by atoms with Crippen LogP contribution in [0.25, 0.3) is 0 Å². The summed E-state index contributed by atoms with van der Waals surface area (Å²) in [6.07, 6.45) is 3.49. The third kappa shape index (κ3) is 2.23. The largest absolute Gasteiger partial charge is 0.468 e. The summed E-state index contributed by atoms with van der Waals surface area (Å²) in [4.78, 5) is 11.4. The van der Waals surface area contributed by atoms with Gasteiger partial charge in [0.1, 0.15) is 6.04 Å². The van der Waals surface area contributed by atoms with E-state index in [1.165, 1.54) is 20.0 Å². The maximum Gasteiger partial charge on any atom is 0.322 e. The Bertz CT molecular complexity index is 264. The summed E-state index contributed by atoms with van der Waals surface area (Å²) < 4.78 is 4.77. The highest BCUT2D eigenvalue weighted by atomic mass is 16.5. The van der Waals surface area contributed by atoms with Crippen LogP contribution in [0.15, 0.2) is 0 Å². The van der Waals surface area contributed by atoms with Crippen molar-refractivity contribution in [3.05, 3.63) is 0 Å². The van der Waals surface area contributed by atoms with Gasteiger partial charge in [0.2, 0.25) is 0 Å². The normalized spacial score (nSPS) is 28.0. The molecule has 0 aromatic carbocycles. The Morgan fingerprint density at radius 3 is 2.94 bits per heavy atom. The van der Waals surface area contributed by atoms with Crippen LogP contribution in [0.3, 0.4) is 0 Å². The van der Waals surface area contributed by atoms with E-state index in [-0.39, 0.29) is 12.0 Å². The van der Waals surface area contributed by atoms with Crippen molar-refractivity contribution in [2.45, 2.75) is 32.2 Å². The molecule has 2 fully saturated rings. The number of ether oxygens (including phenoxy) is 1. The Kier molecular flexibility index (Phi) is 3.50. The van der Waals surface area contributed by atoms with Crippen molar-refractivity contribution in [3.8, 4) is 0 Å². The van der Waals surface area contributed by atoms with Crippen molar-refractivity contribution >= 4 is 5.97 Å². The molecular formula is C12H22N2O2. The van der Waals surface area contributed by atoms with Gasteiger partial charge in [0.15, 0.2) is 0 Å². The minimum atomic E-state index is -0.140. The minimum absolute atomic E-state index is 0.138. The fourth-order valence-corrected chi connectivity index (χ4v) is 2.71. The highest BCUT2D eigenvalue weighted by molar-refractivity contribution is 5.75. The van der Waals surface area contributed by atoms with E-state index in [0.717, 1.165) is 26.1 Å². The van der Waals surface area contributed by atoms with Crippen LogP contribution in [0.1, 0.15) is 26.2 Å². The fourth-order valence-electron chi connectivity index (χ4n) is 2.71. The summed E-state index contributed by atoms with van der Waals surface area (Å²) in [7, 11) is 1.45. The Balaban J connectivity index is 1.79. The Labute approximate surface area is 97.1 Å². The van der Waals surface area contributed by atoms with Crippen molar-refractivity contribution in [1.29, 1.82) is 0 Å². The molecule has 0 aromatic rings. The molecule has 92 valence electrons. The monoisotopic (exact) mass is 226 g/mol. The lowest BCUT2D eigenvalue weighted by Gasteiger charge is -2.21. The summed E-state index contributed by atoms with van der Waals surface area (Å²) in [5.74, 6) is 0.546. The van der Waals surface area contributed by atoms with E-state index in [4.69, 9.17) is 4.74 Å². The molecule has 16 heavy (non-hydrogen) atoms. The summed E-state index contributed by atoms with van der Waals surface area (Å²) >= 11 is 0. The van der Waals surface area contributed by atoms with Crippen LogP contribution in [0.4, 0.5) is 0 Å². The summed E-state index contributed by atoms with van der Waals surface area (Å²) in [6.45, 7) is 5.19. The van der Waals surface area contributed by atoms with Crippen LogP contribution in [0.5, 0.6) is 0 Å². The van der Waals surface area contributed by atoms with Gasteiger partial charge in [-0.1, -0.05) is 6.92 Å². The molecular weight excluding hydrogens is 204 g/mol. The lowest BCUT2D eigenvalue weighted by atomic mass is 9.92. The predicted molar refractivity (Wildman–Crippen MR) is 62.1 cm³/mol. The quantitative estimate of drug-likeness (QED) is 0.671. The van der Waals surface area contributed by atoms with E-state index in [1.54, 1.807) is 0 Å². The molecule has 2 aliphatic rings.